The number of rotatable bonds is 9. The van der Waals surface area contributed by atoms with Crippen LogP contribution in [-0.2, 0) is 6.54 Å². The number of allylic oxidation sites excluding steroid dienone is 1. The lowest BCUT2D eigenvalue weighted by Gasteiger charge is -2.18. The number of halogens is 1. The Labute approximate surface area is 163 Å². The molecule has 2 aromatic rings. The summed E-state index contributed by atoms with van der Waals surface area (Å²) in [6.07, 6.45) is 7.71. The van der Waals surface area contributed by atoms with Gasteiger partial charge in [0.15, 0.2) is 5.82 Å². The lowest BCUT2D eigenvalue weighted by Crippen LogP contribution is -2.08. The van der Waals surface area contributed by atoms with E-state index >= 15 is 0 Å². The van der Waals surface area contributed by atoms with Gasteiger partial charge in [-0.2, -0.15) is 0 Å². The van der Waals surface area contributed by atoms with E-state index < -0.39 is 0 Å². The van der Waals surface area contributed by atoms with E-state index in [2.05, 4.69) is 51.8 Å². The molecule has 0 atom stereocenters. The number of hydrogen-bond acceptors (Lipinski definition) is 5. The SMILES string of the molecule is C=Nc1c(/C=C\CC)ncn1Cc1cc(OC)c(NCCC)c(N)c1Br. The largest absolute Gasteiger partial charge is 0.494 e. The van der Waals surface area contributed by atoms with Crippen LogP contribution in [0.1, 0.15) is 37.9 Å². The molecule has 2 rings (SSSR count). The number of aliphatic imine (C=N–C) groups is 1. The Hall–Kier alpha value is -2.28. The topological polar surface area (TPSA) is 77.5 Å². The Bertz CT molecular complexity index is 798. The van der Waals surface area contributed by atoms with Crippen molar-refractivity contribution in [3.8, 4) is 5.75 Å². The number of benzene rings is 1. The number of ether oxygens (including phenoxy) is 1. The summed E-state index contributed by atoms with van der Waals surface area (Å²) in [6.45, 7) is 9.24. The third-order valence-electron chi connectivity index (χ3n) is 3.95. The molecule has 0 saturated heterocycles. The molecule has 1 heterocycles. The van der Waals surface area contributed by atoms with Gasteiger partial charge in [0.05, 0.1) is 25.7 Å². The summed E-state index contributed by atoms with van der Waals surface area (Å²) in [6, 6.07) is 1.98. The Morgan fingerprint density at radius 2 is 2.23 bits per heavy atom. The molecule has 140 valence electrons. The number of anilines is 2. The third-order valence-corrected chi connectivity index (χ3v) is 4.89. The maximum Gasteiger partial charge on any atom is 0.159 e. The van der Waals surface area contributed by atoms with Crippen LogP contribution >= 0.6 is 15.9 Å². The predicted molar refractivity (Wildman–Crippen MR) is 114 cm³/mol. The van der Waals surface area contributed by atoms with Crippen molar-refractivity contribution in [2.75, 3.05) is 24.7 Å². The monoisotopic (exact) mass is 419 g/mol. The van der Waals surface area contributed by atoms with Gasteiger partial charge in [0.1, 0.15) is 17.1 Å². The summed E-state index contributed by atoms with van der Waals surface area (Å²) >= 11 is 3.62. The number of nitrogens with two attached hydrogens (primary N) is 1. The molecule has 0 saturated carbocycles. The van der Waals surface area contributed by atoms with Gasteiger partial charge in [-0.25, -0.2) is 9.98 Å². The molecule has 0 spiro atoms. The smallest absolute Gasteiger partial charge is 0.159 e. The van der Waals surface area contributed by atoms with E-state index in [4.69, 9.17) is 10.5 Å². The van der Waals surface area contributed by atoms with E-state index in [-0.39, 0.29) is 0 Å². The Morgan fingerprint density at radius 1 is 1.46 bits per heavy atom. The van der Waals surface area contributed by atoms with Crippen molar-refractivity contribution in [3.05, 3.63) is 34.2 Å². The lowest BCUT2D eigenvalue weighted by molar-refractivity contribution is 0.416. The quantitative estimate of drug-likeness (QED) is 0.449. The highest BCUT2D eigenvalue weighted by Crippen LogP contribution is 2.40. The molecule has 7 heteroatoms. The van der Waals surface area contributed by atoms with Gasteiger partial charge < -0.3 is 20.4 Å². The minimum atomic E-state index is 0.552. The zero-order valence-electron chi connectivity index (χ0n) is 15.6. The van der Waals surface area contributed by atoms with E-state index in [9.17, 15) is 0 Å². The van der Waals surface area contributed by atoms with E-state index in [0.717, 1.165) is 46.6 Å². The first kappa shape index (κ1) is 20.0. The normalized spacial score (nSPS) is 11.1. The highest BCUT2D eigenvalue weighted by atomic mass is 79.9. The van der Waals surface area contributed by atoms with Crippen LogP contribution in [0.3, 0.4) is 0 Å². The van der Waals surface area contributed by atoms with Crippen molar-refractivity contribution in [1.29, 1.82) is 0 Å². The fourth-order valence-electron chi connectivity index (χ4n) is 2.63. The maximum atomic E-state index is 6.33. The fourth-order valence-corrected chi connectivity index (χ4v) is 3.07. The number of hydrogen-bond donors (Lipinski definition) is 2. The lowest BCUT2D eigenvalue weighted by atomic mass is 10.1. The van der Waals surface area contributed by atoms with Crippen molar-refractivity contribution in [2.45, 2.75) is 33.2 Å². The summed E-state index contributed by atoms with van der Waals surface area (Å²) in [5.74, 6) is 1.45. The van der Waals surface area contributed by atoms with Crippen LogP contribution in [0, 0.1) is 0 Å². The third kappa shape index (κ3) is 4.27. The second-order valence-electron chi connectivity index (χ2n) is 5.82. The number of methoxy groups -OCH3 is 1. The van der Waals surface area contributed by atoms with Crippen molar-refractivity contribution in [3.63, 3.8) is 0 Å². The van der Waals surface area contributed by atoms with Gasteiger partial charge in [0, 0.05) is 11.0 Å². The average molecular weight is 420 g/mol. The molecule has 0 aliphatic carbocycles. The molecule has 0 aliphatic heterocycles. The first-order valence-electron chi connectivity index (χ1n) is 8.64. The van der Waals surface area contributed by atoms with Crippen LogP contribution in [0.15, 0.2) is 27.9 Å². The summed E-state index contributed by atoms with van der Waals surface area (Å²) in [7, 11) is 1.64. The van der Waals surface area contributed by atoms with Crippen LogP contribution in [-0.4, -0.2) is 29.9 Å². The molecule has 0 aliphatic rings. The predicted octanol–water partition coefficient (Wildman–Crippen LogP) is 4.86. The van der Waals surface area contributed by atoms with Crippen molar-refractivity contribution in [1.82, 2.24) is 9.55 Å². The van der Waals surface area contributed by atoms with Crippen LogP contribution in [0.2, 0.25) is 0 Å². The molecule has 3 N–H and O–H groups in total. The Morgan fingerprint density at radius 3 is 2.85 bits per heavy atom. The van der Waals surface area contributed by atoms with Crippen molar-refractivity contribution < 1.29 is 4.74 Å². The van der Waals surface area contributed by atoms with Gasteiger partial charge in [-0.15, -0.1) is 0 Å². The molecule has 0 amide bonds. The van der Waals surface area contributed by atoms with Gasteiger partial charge in [-0.05, 0) is 53.2 Å². The summed E-state index contributed by atoms with van der Waals surface area (Å²) < 4.78 is 8.32. The first-order valence-corrected chi connectivity index (χ1v) is 9.43. The second-order valence-corrected chi connectivity index (χ2v) is 6.61. The van der Waals surface area contributed by atoms with Crippen LogP contribution in [0.4, 0.5) is 17.2 Å². The first-order chi connectivity index (χ1) is 12.6. The van der Waals surface area contributed by atoms with Crippen molar-refractivity contribution in [2.24, 2.45) is 4.99 Å². The molecule has 0 bridgehead atoms. The van der Waals surface area contributed by atoms with Crippen molar-refractivity contribution >= 4 is 45.9 Å². The number of nitrogens with zero attached hydrogens (tertiary/aromatic N) is 3. The molecule has 0 fully saturated rings. The summed E-state index contributed by atoms with van der Waals surface area (Å²) in [5.41, 5.74) is 9.56. The number of imidazole rings is 1. The minimum absolute atomic E-state index is 0.552. The molecule has 0 unspecified atom stereocenters. The molecule has 0 radical (unpaired) electrons. The molecule has 1 aromatic heterocycles. The van der Waals surface area contributed by atoms with E-state index in [1.54, 1.807) is 13.4 Å². The Kier molecular flexibility index (Phi) is 7.26. The molecular formula is C19H26BrN5O. The average Bonchev–Trinajstić information content (AvgIpc) is 3.04. The van der Waals surface area contributed by atoms with Crippen LogP contribution in [0.25, 0.3) is 6.08 Å². The van der Waals surface area contributed by atoms with Gasteiger partial charge in [-0.3, -0.25) is 0 Å². The second kappa shape index (κ2) is 9.43. The number of nitrogen functional groups attached to an aromatic ring is 1. The highest BCUT2D eigenvalue weighted by Gasteiger charge is 2.17. The molecule has 26 heavy (non-hydrogen) atoms. The maximum absolute atomic E-state index is 6.33. The fraction of sp³-hybridized carbons (Fsp3) is 0.368. The standard InChI is InChI=1S/C19H26BrN5O/c1-5-7-8-14-19(22-3)25(12-24-14)11-13-10-15(26-4)18(23-9-6-2)17(21)16(13)20/h7-8,10,12,23H,3,5-6,9,11,21H2,1-2,4H3/b8-7-. The highest BCUT2D eigenvalue weighted by molar-refractivity contribution is 9.10. The molecule has 6 nitrogen and oxygen atoms in total. The van der Waals surface area contributed by atoms with Gasteiger partial charge >= 0.3 is 0 Å². The summed E-state index contributed by atoms with van der Waals surface area (Å²) in [5, 5.41) is 3.33. The van der Waals surface area contributed by atoms with Gasteiger partial charge in [0.25, 0.3) is 0 Å². The van der Waals surface area contributed by atoms with E-state index in [1.165, 1.54) is 0 Å². The zero-order valence-corrected chi connectivity index (χ0v) is 17.1. The van der Waals surface area contributed by atoms with Gasteiger partial charge in [-0.1, -0.05) is 19.9 Å². The Balaban J connectivity index is 2.41. The van der Waals surface area contributed by atoms with E-state index in [0.29, 0.717) is 18.0 Å². The van der Waals surface area contributed by atoms with Crippen LogP contribution < -0.4 is 15.8 Å². The number of nitrogens with one attached hydrogen (secondary N) is 1. The van der Waals surface area contributed by atoms with Gasteiger partial charge in [0.2, 0.25) is 0 Å². The zero-order chi connectivity index (χ0) is 19.1. The minimum Gasteiger partial charge on any atom is -0.494 e. The van der Waals surface area contributed by atoms with Crippen LogP contribution in [0.5, 0.6) is 5.75 Å². The number of aromatic nitrogens is 2. The molecule has 1 aromatic carbocycles. The van der Waals surface area contributed by atoms with E-state index in [1.807, 2.05) is 22.8 Å². The summed E-state index contributed by atoms with van der Waals surface area (Å²) in [4.78, 5) is 8.57. The molecular weight excluding hydrogens is 394 g/mol.